The predicted octanol–water partition coefficient (Wildman–Crippen LogP) is 1.98. The Morgan fingerprint density at radius 2 is 2.31 bits per heavy atom. The van der Waals surface area contributed by atoms with E-state index in [0.29, 0.717) is 12.2 Å². The molecule has 0 saturated heterocycles. The van der Waals surface area contributed by atoms with Crippen molar-refractivity contribution in [3.63, 3.8) is 0 Å². The lowest BCUT2D eigenvalue weighted by Crippen LogP contribution is -2.37. The molecule has 0 fully saturated rings. The zero-order valence-electron chi connectivity index (χ0n) is 9.50. The summed E-state index contributed by atoms with van der Waals surface area (Å²) in [7, 11) is 1.58. The van der Waals surface area contributed by atoms with Crippen molar-refractivity contribution in [2.75, 3.05) is 13.7 Å². The summed E-state index contributed by atoms with van der Waals surface area (Å²) in [5.41, 5.74) is 0.328. The lowest BCUT2D eigenvalue weighted by atomic mass is 10.1. The fourth-order valence-corrected chi connectivity index (χ4v) is 1.36. The third kappa shape index (κ3) is 3.62. The van der Waals surface area contributed by atoms with E-state index in [9.17, 15) is 9.18 Å². The van der Waals surface area contributed by atoms with Crippen LogP contribution in [0, 0.1) is 5.82 Å². The third-order valence-electron chi connectivity index (χ3n) is 2.28. The highest BCUT2D eigenvalue weighted by molar-refractivity contribution is 5.94. The molecule has 1 unspecified atom stereocenters. The molecular weight excluding hydrogens is 209 g/mol. The number of amides is 1. The number of nitrogens with one attached hydrogen (secondary N) is 1. The van der Waals surface area contributed by atoms with Crippen LogP contribution in [-0.2, 0) is 4.74 Å². The number of benzene rings is 1. The standard InChI is InChI=1S/C12H16FNO2/c1-3-11(8-16-2)14-12(15)9-5-4-6-10(13)7-9/h4-7,11H,3,8H2,1-2H3,(H,14,15). The normalized spacial score (nSPS) is 12.2. The minimum atomic E-state index is -0.410. The maximum absolute atomic E-state index is 12.9. The van der Waals surface area contributed by atoms with Gasteiger partial charge in [-0.2, -0.15) is 0 Å². The quantitative estimate of drug-likeness (QED) is 0.832. The summed E-state index contributed by atoms with van der Waals surface area (Å²) in [4.78, 5) is 11.7. The zero-order chi connectivity index (χ0) is 12.0. The van der Waals surface area contributed by atoms with E-state index >= 15 is 0 Å². The molecule has 1 N–H and O–H groups in total. The van der Waals surface area contributed by atoms with Crippen molar-refractivity contribution in [2.24, 2.45) is 0 Å². The van der Waals surface area contributed by atoms with Gasteiger partial charge in [0, 0.05) is 12.7 Å². The smallest absolute Gasteiger partial charge is 0.251 e. The van der Waals surface area contributed by atoms with Crippen LogP contribution in [0.15, 0.2) is 24.3 Å². The van der Waals surface area contributed by atoms with Gasteiger partial charge in [0.25, 0.3) is 5.91 Å². The number of rotatable bonds is 5. The van der Waals surface area contributed by atoms with Crippen LogP contribution < -0.4 is 5.32 Å². The summed E-state index contributed by atoms with van der Waals surface area (Å²) in [5, 5.41) is 2.78. The molecule has 0 aliphatic carbocycles. The lowest BCUT2D eigenvalue weighted by Gasteiger charge is -2.15. The Hall–Kier alpha value is -1.42. The van der Waals surface area contributed by atoms with Crippen LogP contribution in [-0.4, -0.2) is 25.7 Å². The first-order valence-electron chi connectivity index (χ1n) is 5.22. The van der Waals surface area contributed by atoms with Crippen molar-refractivity contribution in [1.82, 2.24) is 5.32 Å². The van der Waals surface area contributed by atoms with Crippen LogP contribution >= 0.6 is 0 Å². The van der Waals surface area contributed by atoms with Crippen LogP contribution in [0.25, 0.3) is 0 Å². The molecule has 16 heavy (non-hydrogen) atoms. The van der Waals surface area contributed by atoms with E-state index < -0.39 is 5.82 Å². The highest BCUT2D eigenvalue weighted by Gasteiger charge is 2.12. The Kier molecular flexibility index (Phi) is 4.92. The van der Waals surface area contributed by atoms with Gasteiger partial charge in [-0.1, -0.05) is 13.0 Å². The summed E-state index contributed by atoms with van der Waals surface area (Å²) in [6.07, 6.45) is 0.773. The molecule has 0 aliphatic rings. The zero-order valence-corrected chi connectivity index (χ0v) is 9.50. The summed E-state index contributed by atoms with van der Waals surface area (Å²) in [6, 6.07) is 5.58. The van der Waals surface area contributed by atoms with Crippen molar-refractivity contribution in [1.29, 1.82) is 0 Å². The number of hydrogen-bond acceptors (Lipinski definition) is 2. The number of carbonyl (C=O) groups excluding carboxylic acids is 1. The molecule has 88 valence electrons. The van der Waals surface area contributed by atoms with Gasteiger partial charge in [-0.25, -0.2) is 4.39 Å². The maximum atomic E-state index is 12.9. The van der Waals surface area contributed by atoms with Gasteiger partial charge in [-0.3, -0.25) is 4.79 Å². The Morgan fingerprint density at radius 3 is 2.88 bits per heavy atom. The summed E-state index contributed by atoms with van der Waals surface area (Å²) < 4.78 is 17.9. The molecule has 0 aliphatic heterocycles. The minimum absolute atomic E-state index is 0.0410. The Balaban J connectivity index is 2.64. The van der Waals surface area contributed by atoms with E-state index in [1.165, 1.54) is 18.2 Å². The first-order valence-corrected chi connectivity index (χ1v) is 5.22. The third-order valence-corrected chi connectivity index (χ3v) is 2.28. The molecule has 1 aromatic rings. The van der Waals surface area contributed by atoms with E-state index in [1.807, 2.05) is 6.92 Å². The van der Waals surface area contributed by atoms with Gasteiger partial charge in [0.05, 0.1) is 12.6 Å². The second kappa shape index (κ2) is 6.23. The highest BCUT2D eigenvalue weighted by Crippen LogP contribution is 2.04. The number of ether oxygens (including phenoxy) is 1. The fraction of sp³-hybridized carbons (Fsp3) is 0.417. The molecule has 3 nitrogen and oxygen atoms in total. The first-order chi connectivity index (χ1) is 7.67. The predicted molar refractivity (Wildman–Crippen MR) is 59.8 cm³/mol. The minimum Gasteiger partial charge on any atom is -0.383 e. The van der Waals surface area contributed by atoms with Crippen molar-refractivity contribution < 1.29 is 13.9 Å². The van der Waals surface area contributed by atoms with Gasteiger partial charge in [0.15, 0.2) is 0 Å². The molecule has 0 aromatic heterocycles. The summed E-state index contributed by atoms with van der Waals surface area (Å²) in [6.45, 7) is 2.41. The van der Waals surface area contributed by atoms with Crippen LogP contribution in [0.4, 0.5) is 4.39 Å². The summed E-state index contributed by atoms with van der Waals surface area (Å²) in [5.74, 6) is -0.684. The van der Waals surface area contributed by atoms with Crippen molar-refractivity contribution >= 4 is 5.91 Å². The molecule has 1 atom stereocenters. The van der Waals surface area contributed by atoms with Crippen molar-refractivity contribution in [3.8, 4) is 0 Å². The fourth-order valence-electron chi connectivity index (χ4n) is 1.36. The molecule has 0 radical (unpaired) electrons. The van der Waals surface area contributed by atoms with E-state index in [1.54, 1.807) is 13.2 Å². The molecule has 0 saturated carbocycles. The number of methoxy groups -OCH3 is 1. The van der Waals surface area contributed by atoms with Crippen molar-refractivity contribution in [3.05, 3.63) is 35.6 Å². The Labute approximate surface area is 94.6 Å². The first kappa shape index (κ1) is 12.6. The number of halogens is 1. The highest BCUT2D eigenvalue weighted by atomic mass is 19.1. The Morgan fingerprint density at radius 1 is 1.56 bits per heavy atom. The average Bonchev–Trinajstić information content (AvgIpc) is 2.28. The van der Waals surface area contributed by atoms with Gasteiger partial charge in [0.1, 0.15) is 5.82 Å². The second-order valence-corrected chi connectivity index (χ2v) is 3.54. The topological polar surface area (TPSA) is 38.3 Å². The lowest BCUT2D eigenvalue weighted by molar-refractivity contribution is 0.0894. The number of carbonyl (C=O) groups is 1. The van der Waals surface area contributed by atoms with E-state index in [-0.39, 0.29) is 11.9 Å². The van der Waals surface area contributed by atoms with Gasteiger partial charge < -0.3 is 10.1 Å². The van der Waals surface area contributed by atoms with Crippen LogP contribution in [0.2, 0.25) is 0 Å². The van der Waals surface area contributed by atoms with Gasteiger partial charge in [-0.05, 0) is 24.6 Å². The monoisotopic (exact) mass is 225 g/mol. The van der Waals surface area contributed by atoms with E-state index in [4.69, 9.17) is 4.74 Å². The van der Waals surface area contributed by atoms with E-state index in [2.05, 4.69) is 5.32 Å². The van der Waals surface area contributed by atoms with Crippen LogP contribution in [0.3, 0.4) is 0 Å². The van der Waals surface area contributed by atoms with Crippen LogP contribution in [0.1, 0.15) is 23.7 Å². The largest absolute Gasteiger partial charge is 0.383 e. The summed E-state index contributed by atoms with van der Waals surface area (Å²) >= 11 is 0. The van der Waals surface area contributed by atoms with Crippen molar-refractivity contribution in [2.45, 2.75) is 19.4 Å². The van der Waals surface area contributed by atoms with Crippen LogP contribution in [0.5, 0.6) is 0 Å². The molecule has 0 bridgehead atoms. The maximum Gasteiger partial charge on any atom is 0.251 e. The van der Waals surface area contributed by atoms with E-state index in [0.717, 1.165) is 6.42 Å². The van der Waals surface area contributed by atoms with Gasteiger partial charge in [-0.15, -0.1) is 0 Å². The molecule has 0 heterocycles. The molecule has 1 rings (SSSR count). The molecular formula is C12H16FNO2. The number of hydrogen-bond donors (Lipinski definition) is 1. The molecule has 0 spiro atoms. The average molecular weight is 225 g/mol. The molecule has 4 heteroatoms. The van der Waals surface area contributed by atoms with Gasteiger partial charge >= 0.3 is 0 Å². The SMILES string of the molecule is CCC(COC)NC(=O)c1cccc(F)c1. The Bertz CT molecular complexity index is 355. The molecule has 1 aromatic carbocycles. The molecule has 1 amide bonds. The van der Waals surface area contributed by atoms with Gasteiger partial charge in [0.2, 0.25) is 0 Å². The second-order valence-electron chi connectivity index (χ2n) is 3.54.